The van der Waals surface area contributed by atoms with Crippen LogP contribution in [0.3, 0.4) is 0 Å². The van der Waals surface area contributed by atoms with Crippen LogP contribution in [0, 0.1) is 0 Å². The van der Waals surface area contributed by atoms with E-state index in [1.54, 1.807) is 19.5 Å². The van der Waals surface area contributed by atoms with Gasteiger partial charge in [-0.15, -0.1) is 0 Å². The van der Waals surface area contributed by atoms with Crippen LogP contribution in [0.1, 0.15) is 11.1 Å². The molecule has 1 N–H and O–H groups in total. The second-order valence-electron chi connectivity index (χ2n) is 6.68. The third-order valence-corrected chi connectivity index (χ3v) is 5.24. The predicted molar refractivity (Wildman–Crippen MR) is 127 cm³/mol. The van der Waals surface area contributed by atoms with Crippen molar-refractivity contribution in [2.45, 2.75) is 6.61 Å². The lowest BCUT2D eigenvalue weighted by molar-refractivity contribution is 0.284. The Morgan fingerprint density at radius 1 is 1.00 bits per heavy atom. The minimum absolute atomic E-state index is 0.351. The van der Waals surface area contributed by atoms with Gasteiger partial charge in [-0.2, -0.15) is 5.10 Å². The van der Waals surface area contributed by atoms with Crippen molar-refractivity contribution in [1.29, 1.82) is 0 Å². The van der Waals surface area contributed by atoms with Gasteiger partial charge in [0.2, 0.25) is 0 Å². The van der Waals surface area contributed by atoms with E-state index in [9.17, 15) is 0 Å². The van der Waals surface area contributed by atoms with Crippen molar-refractivity contribution in [2.75, 3.05) is 12.5 Å². The van der Waals surface area contributed by atoms with Crippen LogP contribution in [0.25, 0.3) is 10.9 Å². The van der Waals surface area contributed by atoms with Crippen LogP contribution in [0.2, 0.25) is 10.0 Å². The maximum atomic E-state index is 6.20. The fourth-order valence-electron chi connectivity index (χ4n) is 3.05. The first-order valence-corrected chi connectivity index (χ1v) is 10.3. The molecule has 31 heavy (non-hydrogen) atoms. The Morgan fingerprint density at radius 3 is 2.71 bits per heavy atom. The van der Waals surface area contributed by atoms with E-state index < -0.39 is 0 Å². The number of anilines is 1. The fourth-order valence-corrected chi connectivity index (χ4v) is 3.41. The Kier molecular flexibility index (Phi) is 6.55. The van der Waals surface area contributed by atoms with Gasteiger partial charge >= 0.3 is 0 Å². The molecule has 156 valence electrons. The van der Waals surface area contributed by atoms with Gasteiger partial charge in [0.05, 0.1) is 24.5 Å². The zero-order chi connectivity index (χ0) is 21.6. The monoisotopic (exact) mass is 451 g/mol. The van der Waals surface area contributed by atoms with E-state index in [-0.39, 0.29) is 0 Å². The molecule has 0 spiro atoms. The molecule has 0 saturated carbocycles. The van der Waals surface area contributed by atoms with Crippen LogP contribution >= 0.6 is 23.2 Å². The second kappa shape index (κ2) is 9.69. The molecule has 4 aromatic rings. The summed E-state index contributed by atoms with van der Waals surface area (Å²) in [6.07, 6.45) is 3.42. The Bertz CT molecular complexity index is 1240. The number of fused-ring (bicyclic) bond motifs is 1. The molecule has 0 aliphatic carbocycles. The van der Waals surface area contributed by atoms with Crippen LogP contribution in [0.5, 0.6) is 11.5 Å². The van der Waals surface area contributed by atoms with Gasteiger partial charge in [-0.3, -0.25) is 10.4 Å². The largest absolute Gasteiger partial charge is 0.493 e. The fraction of sp³-hybridized carbons (Fsp3) is 0.0833. The van der Waals surface area contributed by atoms with Gasteiger partial charge in [-0.25, -0.2) is 0 Å². The number of hydrazone groups is 1. The number of hydrogen-bond acceptors (Lipinski definition) is 5. The number of ether oxygens (including phenoxy) is 2. The normalized spacial score (nSPS) is 11.1. The molecule has 1 heterocycles. The molecular weight excluding hydrogens is 433 g/mol. The van der Waals surface area contributed by atoms with Crippen molar-refractivity contribution < 1.29 is 9.47 Å². The highest BCUT2D eigenvalue weighted by Gasteiger charge is 2.07. The van der Waals surface area contributed by atoms with Gasteiger partial charge in [0.25, 0.3) is 0 Å². The first kappa shape index (κ1) is 21.0. The summed E-state index contributed by atoms with van der Waals surface area (Å²) in [5.41, 5.74) is 6.46. The highest BCUT2D eigenvalue weighted by atomic mass is 35.5. The highest BCUT2D eigenvalue weighted by Crippen LogP contribution is 2.29. The maximum Gasteiger partial charge on any atom is 0.161 e. The van der Waals surface area contributed by atoms with Crippen molar-refractivity contribution >= 4 is 46.0 Å². The van der Waals surface area contributed by atoms with Crippen molar-refractivity contribution in [3.8, 4) is 11.5 Å². The van der Waals surface area contributed by atoms with Crippen LogP contribution in [0.15, 0.2) is 78.0 Å². The summed E-state index contributed by atoms with van der Waals surface area (Å²) in [6.45, 7) is 0.351. The number of aromatic nitrogens is 1. The molecule has 0 aliphatic heterocycles. The lowest BCUT2D eigenvalue weighted by Gasteiger charge is -2.12. The Morgan fingerprint density at radius 2 is 1.87 bits per heavy atom. The summed E-state index contributed by atoms with van der Waals surface area (Å²) in [5, 5.41) is 6.59. The van der Waals surface area contributed by atoms with Gasteiger partial charge in [-0.05, 0) is 54.1 Å². The Hall–Kier alpha value is -3.28. The molecule has 0 fully saturated rings. The van der Waals surface area contributed by atoms with Gasteiger partial charge in [0, 0.05) is 27.2 Å². The molecule has 0 radical (unpaired) electrons. The number of methoxy groups -OCH3 is 1. The summed E-state index contributed by atoms with van der Waals surface area (Å²) in [7, 11) is 1.60. The standard InChI is InChI=1S/C24H19Cl2N3O2/c1-30-24-12-16(6-9-23(24)31-15-17-4-2-3-5-20(17)26)14-28-29-21-10-11-27-22-13-18(25)7-8-19(21)22/h2-14H,15H2,1H3,(H,27,29). The van der Waals surface area contributed by atoms with Crippen molar-refractivity contribution in [2.24, 2.45) is 5.10 Å². The van der Waals surface area contributed by atoms with E-state index in [1.807, 2.05) is 66.7 Å². The summed E-state index contributed by atoms with van der Waals surface area (Å²) >= 11 is 12.2. The predicted octanol–water partition coefficient (Wildman–Crippen LogP) is 6.58. The van der Waals surface area contributed by atoms with E-state index >= 15 is 0 Å². The molecule has 0 bridgehead atoms. The minimum atomic E-state index is 0.351. The molecule has 4 rings (SSSR count). The van der Waals surface area contributed by atoms with Gasteiger partial charge < -0.3 is 9.47 Å². The van der Waals surface area contributed by atoms with Crippen LogP contribution < -0.4 is 14.9 Å². The van der Waals surface area contributed by atoms with E-state index in [4.69, 9.17) is 32.7 Å². The molecule has 0 atom stereocenters. The number of nitrogens with one attached hydrogen (secondary N) is 1. The van der Waals surface area contributed by atoms with Crippen molar-refractivity contribution in [3.63, 3.8) is 0 Å². The highest BCUT2D eigenvalue weighted by molar-refractivity contribution is 6.31. The molecule has 1 aromatic heterocycles. The molecule has 3 aromatic carbocycles. The summed E-state index contributed by atoms with van der Waals surface area (Å²) < 4.78 is 11.4. The molecule has 0 unspecified atom stereocenters. The molecule has 0 saturated heterocycles. The molecule has 0 amide bonds. The molecular formula is C24H19Cl2N3O2. The second-order valence-corrected chi connectivity index (χ2v) is 7.52. The van der Waals surface area contributed by atoms with E-state index in [2.05, 4.69) is 15.5 Å². The van der Waals surface area contributed by atoms with E-state index in [1.165, 1.54) is 0 Å². The third kappa shape index (κ3) is 5.08. The van der Waals surface area contributed by atoms with E-state index in [0.29, 0.717) is 28.2 Å². The minimum Gasteiger partial charge on any atom is -0.493 e. The Labute approximate surface area is 190 Å². The Balaban J connectivity index is 1.47. The lowest BCUT2D eigenvalue weighted by atomic mass is 10.2. The number of hydrogen-bond donors (Lipinski definition) is 1. The summed E-state index contributed by atoms with van der Waals surface area (Å²) in [5.74, 6) is 1.24. The van der Waals surface area contributed by atoms with Crippen LogP contribution in [-0.2, 0) is 6.61 Å². The molecule has 0 aliphatic rings. The quantitative estimate of drug-likeness (QED) is 0.254. The summed E-state index contributed by atoms with van der Waals surface area (Å²) in [6, 6.07) is 20.6. The third-order valence-electron chi connectivity index (χ3n) is 4.63. The smallest absolute Gasteiger partial charge is 0.161 e. The number of rotatable bonds is 7. The average Bonchev–Trinajstić information content (AvgIpc) is 2.79. The first-order valence-electron chi connectivity index (χ1n) is 9.51. The number of pyridine rings is 1. The van der Waals surface area contributed by atoms with Gasteiger partial charge in [0.1, 0.15) is 6.61 Å². The van der Waals surface area contributed by atoms with Crippen molar-refractivity contribution in [3.05, 3.63) is 94.1 Å². The van der Waals surface area contributed by atoms with Gasteiger partial charge in [0.15, 0.2) is 11.5 Å². The number of benzene rings is 3. The zero-order valence-electron chi connectivity index (χ0n) is 16.7. The van der Waals surface area contributed by atoms with Gasteiger partial charge in [-0.1, -0.05) is 41.4 Å². The number of halogens is 2. The molecule has 5 nitrogen and oxygen atoms in total. The van der Waals surface area contributed by atoms with Crippen LogP contribution in [0.4, 0.5) is 5.69 Å². The summed E-state index contributed by atoms with van der Waals surface area (Å²) in [4.78, 5) is 4.33. The SMILES string of the molecule is COc1cc(C=NNc2ccnc3cc(Cl)ccc23)ccc1OCc1ccccc1Cl. The van der Waals surface area contributed by atoms with E-state index in [0.717, 1.165) is 27.7 Å². The topological polar surface area (TPSA) is 55.7 Å². The number of nitrogens with zero attached hydrogens (tertiary/aromatic N) is 2. The first-order chi connectivity index (χ1) is 15.1. The van der Waals surface area contributed by atoms with Crippen molar-refractivity contribution in [1.82, 2.24) is 4.98 Å². The van der Waals surface area contributed by atoms with Crippen LogP contribution in [-0.4, -0.2) is 18.3 Å². The lowest BCUT2D eigenvalue weighted by Crippen LogP contribution is -1.99. The molecule has 7 heteroatoms. The maximum absolute atomic E-state index is 6.20. The average molecular weight is 452 g/mol. The zero-order valence-corrected chi connectivity index (χ0v) is 18.2.